The molecule has 0 aliphatic carbocycles. The van der Waals surface area contributed by atoms with Gasteiger partial charge in [-0.1, -0.05) is 12.1 Å². The highest BCUT2D eigenvalue weighted by Gasteiger charge is 2.07. The van der Waals surface area contributed by atoms with E-state index in [1.807, 2.05) is 26.1 Å². The van der Waals surface area contributed by atoms with E-state index in [9.17, 15) is 0 Å². The molecule has 0 spiro atoms. The summed E-state index contributed by atoms with van der Waals surface area (Å²) in [5.41, 5.74) is 2.49. The van der Waals surface area contributed by atoms with Crippen LogP contribution in [0.4, 0.5) is 5.69 Å². The normalized spacial score (nSPS) is 12.4. The molecule has 1 unspecified atom stereocenters. The minimum Gasteiger partial charge on any atom is -0.464 e. The molecule has 2 aromatic rings. The Morgan fingerprint density at radius 2 is 1.84 bits per heavy atom. The molecule has 0 saturated carbocycles. The van der Waals surface area contributed by atoms with Crippen LogP contribution < -0.4 is 10.2 Å². The summed E-state index contributed by atoms with van der Waals surface area (Å²) in [4.78, 5) is 2.19. The lowest BCUT2D eigenvalue weighted by Gasteiger charge is -2.19. The van der Waals surface area contributed by atoms with E-state index in [4.69, 9.17) is 4.42 Å². The third kappa shape index (κ3) is 3.38. The highest BCUT2D eigenvalue weighted by molar-refractivity contribution is 5.47. The zero-order chi connectivity index (χ0) is 13.8. The van der Waals surface area contributed by atoms with Crippen molar-refractivity contribution in [1.82, 2.24) is 5.32 Å². The molecule has 0 radical (unpaired) electrons. The molecule has 0 fully saturated rings. The average Bonchev–Trinajstić information content (AvgIpc) is 2.83. The number of furan rings is 1. The molecule has 1 aromatic heterocycles. The molecule has 0 amide bonds. The minimum absolute atomic E-state index is 0.382. The molecule has 2 rings (SSSR count). The van der Waals surface area contributed by atoms with Crippen LogP contribution >= 0.6 is 0 Å². The van der Waals surface area contributed by atoms with Crippen molar-refractivity contribution >= 4 is 5.69 Å². The summed E-state index contributed by atoms with van der Waals surface area (Å²) in [6, 6.07) is 13.1. The van der Waals surface area contributed by atoms with Gasteiger partial charge < -0.3 is 14.6 Å². The van der Waals surface area contributed by atoms with E-state index in [-0.39, 0.29) is 0 Å². The van der Waals surface area contributed by atoms with Crippen molar-refractivity contribution in [3.63, 3.8) is 0 Å². The van der Waals surface area contributed by atoms with Gasteiger partial charge in [-0.15, -0.1) is 0 Å². The van der Waals surface area contributed by atoms with Crippen LogP contribution in [0.3, 0.4) is 0 Å². The highest BCUT2D eigenvalue weighted by atomic mass is 16.3. The quantitative estimate of drug-likeness (QED) is 0.889. The van der Waals surface area contributed by atoms with Crippen LogP contribution in [0.1, 0.15) is 30.0 Å². The second-order valence-corrected chi connectivity index (χ2v) is 4.97. The summed E-state index contributed by atoms with van der Waals surface area (Å²) >= 11 is 0. The predicted molar refractivity (Wildman–Crippen MR) is 79.5 cm³/mol. The number of hydrogen-bond acceptors (Lipinski definition) is 3. The molecular formula is C16H22N2O. The van der Waals surface area contributed by atoms with Gasteiger partial charge in [0.15, 0.2) is 0 Å². The Labute approximate surface area is 115 Å². The van der Waals surface area contributed by atoms with Gasteiger partial charge >= 0.3 is 0 Å². The van der Waals surface area contributed by atoms with E-state index in [1.165, 1.54) is 11.3 Å². The zero-order valence-electron chi connectivity index (χ0n) is 12.1. The standard InChI is InChI=1S/C16H22N2O/c1-12-5-10-16(19-12)11-18(4)15-8-6-14(7-9-15)13(2)17-3/h5-10,13,17H,11H2,1-4H3. The molecule has 1 heterocycles. The molecule has 0 saturated heterocycles. The molecule has 1 N–H and O–H groups in total. The first kappa shape index (κ1) is 13.7. The van der Waals surface area contributed by atoms with Crippen molar-refractivity contribution in [3.8, 4) is 0 Å². The fourth-order valence-corrected chi connectivity index (χ4v) is 2.08. The van der Waals surface area contributed by atoms with Crippen molar-refractivity contribution in [2.75, 3.05) is 19.0 Å². The fraction of sp³-hybridized carbons (Fsp3) is 0.375. The number of nitrogens with zero attached hydrogens (tertiary/aromatic N) is 1. The van der Waals surface area contributed by atoms with E-state index in [1.54, 1.807) is 0 Å². The van der Waals surface area contributed by atoms with E-state index in [0.717, 1.165) is 18.1 Å². The summed E-state index contributed by atoms with van der Waals surface area (Å²) in [6.45, 7) is 4.91. The maximum atomic E-state index is 5.60. The Hall–Kier alpha value is -1.74. The van der Waals surface area contributed by atoms with Gasteiger partial charge in [-0.05, 0) is 50.7 Å². The van der Waals surface area contributed by atoms with Crippen LogP contribution in [0.25, 0.3) is 0 Å². The van der Waals surface area contributed by atoms with Crippen LogP contribution in [-0.4, -0.2) is 14.1 Å². The summed E-state index contributed by atoms with van der Waals surface area (Å²) < 4.78 is 5.60. The average molecular weight is 258 g/mol. The van der Waals surface area contributed by atoms with E-state index >= 15 is 0 Å². The topological polar surface area (TPSA) is 28.4 Å². The predicted octanol–water partition coefficient (Wildman–Crippen LogP) is 3.50. The second-order valence-electron chi connectivity index (χ2n) is 4.97. The first-order chi connectivity index (χ1) is 9.10. The van der Waals surface area contributed by atoms with Crippen LogP contribution in [0.2, 0.25) is 0 Å². The SMILES string of the molecule is CNC(C)c1ccc(N(C)Cc2ccc(C)o2)cc1. The highest BCUT2D eigenvalue weighted by Crippen LogP contribution is 2.20. The van der Waals surface area contributed by atoms with Gasteiger partial charge in [0.2, 0.25) is 0 Å². The molecular weight excluding hydrogens is 236 g/mol. The summed E-state index contributed by atoms with van der Waals surface area (Å²) in [6.07, 6.45) is 0. The molecule has 0 aliphatic rings. The van der Waals surface area contributed by atoms with Crippen LogP contribution in [0.15, 0.2) is 40.8 Å². The molecule has 1 aromatic carbocycles. The van der Waals surface area contributed by atoms with Crippen LogP contribution in [-0.2, 0) is 6.54 Å². The summed E-state index contributed by atoms with van der Waals surface area (Å²) in [5, 5.41) is 3.24. The van der Waals surface area contributed by atoms with Crippen molar-refractivity contribution < 1.29 is 4.42 Å². The third-order valence-corrected chi connectivity index (χ3v) is 3.46. The van der Waals surface area contributed by atoms with Gasteiger partial charge in [0.1, 0.15) is 11.5 Å². The molecule has 3 heteroatoms. The van der Waals surface area contributed by atoms with E-state index < -0.39 is 0 Å². The Bertz CT molecular complexity index is 516. The molecule has 1 atom stereocenters. The van der Waals surface area contributed by atoms with Crippen molar-refractivity contribution in [3.05, 3.63) is 53.5 Å². The smallest absolute Gasteiger partial charge is 0.123 e. The fourth-order valence-electron chi connectivity index (χ4n) is 2.08. The first-order valence-electron chi connectivity index (χ1n) is 6.64. The molecule has 3 nitrogen and oxygen atoms in total. The van der Waals surface area contributed by atoms with Crippen molar-refractivity contribution in [2.24, 2.45) is 0 Å². The summed E-state index contributed by atoms with van der Waals surface area (Å²) in [7, 11) is 4.05. The maximum absolute atomic E-state index is 5.60. The Morgan fingerprint density at radius 3 is 2.37 bits per heavy atom. The van der Waals surface area contributed by atoms with Gasteiger partial charge in [0.25, 0.3) is 0 Å². The molecule has 19 heavy (non-hydrogen) atoms. The monoisotopic (exact) mass is 258 g/mol. The van der Waals surface area contributed by atoms with Gasteiger partial charge in [0, 0.05) is 18.8 Å². The van der Waals surface area contributed by atoms with Gasteiger partial charge in [-0.25, -0.2) is 0 Å². The maximum Gasteiger partial charge on any atom is 0.123 e. The second kappa shape index (κ2) is 5.93. The number of benzene rings is 1. The van der Waals surface area contributed by atoms with Gasteiger partial charge in [0.05, 0.1) is 6.54 Å². The molecule has 102 valence electrons. The molecule has 0 aliphatic heterocycles. The summed E-state index contributed by atoms with van der Waals surface area (Å²) in [5.74, 6) is 1.95. The zero-order valence-corrected chi connectivity index (χ0v) is 12.1. The largest absolute Gasteiger partial charge is 0.464 e. The lowest BCUT2D eigenvalue weighted by Crippen LogP contribution is -2.16. The van der Waals surface area contributed by atoms with E-state index in [0.29, 0.717) is 6.04 Å². The number of rotatable bonds is 5. The Balaban J connectivity index is 2.05. The minimum atomic E-state index is 0.382. The number of nitrogens with one attached hydrogen (secondary N) is 1. The van der Waals surface area contributed by atoms with Crippen molar-refractivity contribution in [2.45, 2.75) is 26.4 Å². The molecule has 0 bridgehead atoms. The van der Waals surface area contributed by atoms with Gasteiger partial charge in [-0.3, -0.25) is 0 Å². The number of anilines is 1. The lowest BCUT2D eigenvalue weighted by molar-refractivity contribution is 0.482. The van der Waals surface area contributed by atoms with Gasteiger partial charge in [-0.2, -0.15) is 0 Å². The van der Waals surface area contributed by atoms with Crippen LogP contribution in [0, 0.1) is 6.92 Å². The third-order valence-electron chi connectivity index (χ3n) is 3.46. The number of hydrogen-bond donors (Lipinski definition) is 1. The first-order valence-corrected chi connectivity index (χ1v) is 6.64. The number of aryl methyl sites for hydroxylation is 1. The van der Waals surface area contributed by atoms with Crippen molar-refractivity contribution in [1.29, 1.82) is 0 Å². The van der Waals surface area contributed by atoms with Crippen LogP contribution in [0.5, 0.6) is 0 Å². The Kier molecular flexibility index (Phi) is 4.27. The Morgan fingerprint density at radius 1 is 1.16 bits per heavy atom. The van der Waals surface area contributed by atoms with E-state index in [2.05, 4.69) is 48.5 Å². The lowest BCUT2D eigenvalue weighted by atomic mass is 10.1.